The monoisotopic (exact) mass is 315 g/mol. The molecule has 0 amide bonds. The van der Waals surface area contributed by atoms with Gasteiger partial charge in [0.15, 0.2) is 0 Å². The number of piperidine rings is 1. The smallest absolute Gasteiger partial charge is 0.232 e. The Morgan fingerprint density at radius 3 is 2.78 bits per heavy atom. The molecule has 1 fully saturated rings. The molecule has 0 unspecified atom stereocenters. The summed E-state index contributed by atoms with van der Waals surface area (Å²) in [6, 6.07) is 0. The third-order valence-electron chi connectivity index (χ3n) is 3.02. The first-order valence-corrected chi connectivity index (χ1v) is 6.97. The topological polar surface area (TPSA) is 47.5 Å². The second-order valence-corrected chi connectivity index (χ2v) is 5.02. The Morgan fingerprint density at radius 2 is 2.17 bits per heavy atom. The summed E-state index contributed by atoms with van der Waals surface area (Å²) in [4.78, 5) is 10.9. The lowest BCUT2D eigenvalue weighted by molar-refractivity contribution is 0.0457. The molecule has 2 rings (SSSR count). The number of ether oxygens (including phenoxy) is 2. The summed E-state index contributed by atoms with van der Waals surface area (Å²) >= 11 is 3.36. The van der Waals surface area contributed by atoms with Crippen LogP contribution in [-0.2, 0) is 4.74 Å². The fraction of sp³-hybridized carbons (Fsp3) is 0.667. The molecule has 0 saturated carbocycles. The minimum absolute atomic E-state index is 0.378. The molecule has 1 aromatic rings. The molecule has 0 atom stereocenters. The molecule has 2 heterocycles. The van der Waals surface area contributed by atoms with Crippen molar-refractivity contribution < 1.29 is 9.47 Å². The maximum atomic E-state index is 5.63. The second-order valence-electron chi connectivity index (χ2n) is 4.17. The van der Waals surface area contributed by atoms with E-state index in [4.69, 9.17) is 9.47 Å². The number of halogens is 1. The van der Waals surface area contributed by atoms with Crippen LogP contribution in [0.15, 0.2) is 10.7 Å². The first-order chi connectivity index (χ1) is 8.74. The molecule has 1 aromatic heterocycles. The molecule has 0 aromatic carbocycles. The number of hydrogen-bond donors (Lipinski definition) is 0. The summed E-state index contributed by atoms with van der Waals surface area (Å²) in [6.07, 6.45) is 4.16. The lowest BCUT2D eigenvalue weighted by Gasteiger charge is -2.31. The molecule has 1 aliphatic heterocycles. The quantitative estimate of drug-likeness (QED) is 0.853. The predicted molar refractivity (Wildman–Crippen MR) is 73.1 cm³/mol. The fourth-order valence-corrected chi connectivity index (χ4v) is 2.45. The maximum absolute atomic E-state index is 5.63. The van der Waals surface area contributed by atoms with Gasteiger partial charge in [0, 0.05) is 19.7 Å². The minimum Gasteiger partial charge on any atom is -0.480 e. The highest BCUT2D eigenvalue weighted by atomic mass is 79.9. The van der Waals surface area contributed by atoms with E-state index in [-0.39, 0.29) is 0 Å². The highest BCUT2D eigenvalue weighted by Gasteiger charge is 2.21. The molecule has 1 aliphatic rings. The van der Waals surface area contributed by atoms with Crippen LogP contribution in [-0.4, -0.2) is 42.9 Å². The molecule has 6 heteroatoms. The molecule has 0 radical (unpaired) electrons. The Hall–Kier alpha value is -0.880. The Labute approximate surface area is 116 Å². The van der Waals surface area contributed by atoms with Crippen LogP contribution < -0.4 is 9.64 Å². The van der Waals surface area contributed by atoms with E-state index >= 15 is 0 Å². The third-order valence-corrected chi connectivity index (χ3v) is 3.56. The zero-order valence-corrected chi connectivity index (χ0v) is 12.3. The molecular weight excluding hydrogens is 298 g/mol. The van der Waals surface area contributed by atoms with Gasteiger partial charge in [-0.05, 0) is 35.7 Å². The van der Waals surface area contributed by atoms with Crippen molar-refractivity contribution in [3.63, 3.8) is 0 Å². The zero-order chi connectivity index (χ0) is 13.0. The summed E-state index contributed by atoms with van der Waals surface area (Å²) in [7, 11) is 1.61. The molecule has 18 heavy (non-hydrogen) atoms. The highest BCUT2D eigenvalue weighted by Crippen LogP contribution is 2.25. The largest absolute Gasteiger partial charge is 0.480 e. The van der Waals surface area contributed by atoms with Gasteiger partial charge in [0.05, 0.1) is 23.9 Å². The second kappa shape index (κ2) is 6.33. The number of rotatable bonds is 4. The molecule has 0 N–H and O–H groups in total. The van der Waals surface area contributed by atoms with Crippen molar-refractivity contribution in [2.24, 2.45) is 0 Å². The van der Waals surface area contributed by atoms with Crippen LogP contribution in [0.4, 0.5) is 5.95 Å². The number of nitrogens with zero attached hydrogens (tertiary/aromatic N) is 3. The van der Waals surface area contributed by atoms with E-state index in [1.807, 2.05) is 6.92 Å². The summed E-state index contributed by atoms with van der Waals surface area (Å²) in [5.74, 6) is 1.30. The molecule has 5 nitrogen and oxygen atoms in total. The molecule has 100 valence electrons. The summed E-state index contributed by atoms with van der Waals surface area (Å²) in [6.45, 7) is 4.67. The fourth-order valence-electron chi connectivity index (χ4n) is 2.10. The van der Waals surface area contributed by atoms with Crippen molar-refractivity contribution in [3.8, 4) is 5.88 Å². The van der Waals surface area contributed by atoms with E-state index in [2.05, 4.69) is 30.8 Å². The van der Waals surface area contributed by atoms with Gasteiger partial charge in [-0.15, -0.1) is 0 Å². The average Bonchev–Trinajstić information content (AvgIpc) is 2.41. The van der Waals surface area contributed by atoms with Gasteiger partial charge in [0.25, 0.3) is 0 Å². The van der Waals surface area contributed by atoms with E-state index in [1.54, 1.807) is 13.3 Å². The number of methoxy groups -OCH3 is 1. The van der Waals surface area contributed by atoms with Gasteiger partial charge in [-0.3, -0.25) is 0 Å². The summed E-state index contributed by atoms with van der Waals surface area (Å²) in [5, 5.41) is 0. The van der Waals surface area contributed by atoms with Crippen LogP contribution in [0.25, 0.3) is 0 Å². The van der Waals surface area contributed by atoms with Crippen molar-refractivity contribution in [3.05, 3.63) is 10.7 Å². The van der Waals surface area contributed by atoms with E-state index in [1.165, 1.54) is 0 Å². The maximum Gasteiger partial charge on any atom is 0.232 e. The van der Waals surface area contributed by atoms with Crippen molar-refractivity contribution >= 4 is 21.9 Å². The minimum atomic E-state index is 0.378. The van der Waals surface area contributed by atoms with Crippen LogP contribution >= 0.6 is 15.9 Å². The number of hydrogen-bond acceptors (Lipinski definition) is 5. The van der Waals surface area contributed by atoms with Crippen molar-refractivity contribution in [1.29, 1.82) is 0 Å². The van der Waals surface area contributed by atoms with Crippen molar-refractivity contribution in [2.75, 3.05) is 31.7 Å². The highest BCUT2D eigenvalue weighted by molar-refractivity contribution is 9.10. The number of anilines is 1. The normalized spacial score (nSPS) is 16.9. The first kappa shape index (κ1) is 13.5. The molecule has 0 aliphatic carbocycles. The van der Waals surface area contributed by atoms with Crippen molar-refractivity contribution in [1.82, 2.24) is 9.97 Å². The Kier molecular flexibility index (Phi) is 4.77. The van der Waals surface area contributed by atoms with Crippen LogP contribution in [0.2, 0.25) is 0 Å². The SMILES string of the molecule is CCOC1CCN(c2ncc(Br)c(OC)n2)CC1. The van der Waals surface area contributed by atoms with E-state index in [0.717, 1.165) is 43.0 Å². The standard InChI is InChI=1S/C12H18BrN3O2/c1-3-18-9-4-6-16(7-5-9)12-14-8-10(13)11(15-12)17-2/h8-9H,3-7H2,1-2H3. The Balaban J connectivity index is 2.01. The van der Waals surface area contributed by atoms with Gasteiger partial charge in [-0.1, -0.05) is 0 Å². The van der Waals surface area contributed by atoms with Crippen LogP contribution in [0, 0.1) is 0 Å². The van der Waals surface area contributed by atoms with E-state index in [0.29, 0.717) is 12.0 Å². The van der Waals surface area contributed by atoms with Crippen molar-refractivity contribution in [2.45, 2.75) is 25.9 Å². The third kappa shape index (κ3) is 3.11. The predicted octanol–water partition coefficient (Wildman–Crippen LogP) is 2.25. The zero-order valence-electron chi connectivity index (χ0n) is 10.7. The van der Waals surface area contributed by atoms with Gasteiger partial charge >= 0.3 is 0 Å². The van der Waals surface area contributed by atoms with Gasteiger partial charge in [-0.25, -0.2) is 4.98 Å². The van der Waals surface area contributed by atoms with Crippen LogP contribution in [0.1, 0.15) is 19.8 Å². The summed E-state index contributed by atoms with van der Waals surface area (Å²) in [5.41, 5.74) is 0. The van der Waals surface area contributed by atoms with Crippen LogP contribution in [0.5, 0.6) is 5.88 Å². The van der Waals surface area contributed by atoms with E-state index < -0.39 is 0 Å². The van der Waals surface area contributed by atoms with Gasteiger partial charge in [0.2, 0.25) is 11.8 Å². The first-order valence-electron chi connectivity index (χ1n) is 6.17. The van der Waals surface area contributed by atoms with Gasteiger partial charge in [0.1, 0.15) is 0 Å². The Bertz CT molecular complexity index is 395. The molecular formula is C12H18BrN3O2. The molecule has 1 saturated heterocycles. The van der Waals surface area contributed by atoms with E-state index in [9.17, 15) is 0 Å². The van der Waals surface area contributed by atoms with Crippen LogP contribution in [0.3, 0.4) is 0 Å². The molecule has 0 spiro atoms. The molecule has 0 bridgehead atoms. The Morgan fingerprint density at radius 1 is 1.44 bits per heavy atom. The van der Waals surface area contributed by atoms with Gasteiger partial charge < -0.3 is 14.4 Å². The lowest BCUT2D eigenvalue weighted by atomic mass is 10.1. The number of aromatic nitrogens is 2. The van der Waals surface area contributed by atoms with Gasteiger partial charge in [-0.2, -0.15) is 4.98 Å². The summed E-state index contributed by atoms with van der Waals surface area (Å²) < 4.78 is 11.6. The lowest BCUT2D eigenvalue weighted by Crippen LogP contribution is -2.38. The average molecular weight is 316 g/mol.